The van der Waals surface area contributed by atoms with Gasteiger partial charge in [0.25, 0.3) is 15.9 Å². The highest BCUT2D eigenvalue weighted by Gasteiger charge is 2.57. The molecule has 1 amide bonds. The molecule has 1 aromatic carbocycles. The highest BCUT2D eigenvalue weighted by atomic mass is 35.5. The van der Waals surface area contributed by atoms with Gasteiger partial charge in [-0.15, -0.1) is 0 Å². The number of hydrogen-bond donors (Lipinski definition) is 1. The smallest absolute Gasteiger partial charge is 0.264 e. The molecule has 1 aromatic rings. The number of carbonyl (C=O) groups excluding carboxylic acids is 1. The Morgan fingerprint density at radius 3 is 2.37 bits per heavy atom. The fraction of sp³-hybridized carbons (Fsp3) is 0.364. The van der Waals surface area contributed by atoms with E-state index in [-0.39, 0.29) is 11.3 Å². The molecule has 0 aromatic heterocycles. The van der Waals surface area contributed by atoms with E-state index < -0.39 is 34.2 Å². The molecular formula is C11H10ClF2NO3S. The standard InChI is InChI=1S/C11H10ClF2NO3S/c12-8-1-3-9(4-2-8)19(17,18)15-10(16)5-7-6-11(7,13)14/h1-4,7H,5-6H2,(H,15,16). The van der Waals surface area contributed by atoms with Crippen LogP contribution in [0.2, 0.25) is 5.02 Å². The van der Waals surface area contributed by atoms with Crippen molar-refractivity contribution in [3.63, 3.8) is 0 Å². The van der Waals surface area contributed by atoms with Gasteiger partial charge < -0.3 is 0 Å². The maximum Gasteiger partial charge on any atom is 0.264 e. The molecule has 8 heteroatoms. The van der Waals surface area contributed by atoms with Crippen LogP contribution in [0.4, 0.5) is 8.78 Å². The summed E-state index contributed by atoms with van der Waals surface area (Å²) in [5.74, 6) is -4.84. The second kappa shape index (κ2) is 4.72. The third kappa shape index (κ3) is 3.42. The van der Waals surface area contributed by atoms with E-state index in [9.17, 15) is 22.0 Å². The highest BCUT2D eigenvalue weighted by molar-refractivity contribution is 7.90. The maximum absolute atomic E-state index is 12.6. The van der Waals surface area contributed by atoms with Crippen molar-refractivity contribution in [2.45, 2.75) is 23.7 Å². The van der Waals surface area contributed by atoms with Crippen molar-refractivity contribution < 1.29 is 22.0 Å². The predicted molar refractivity (Wildman–Crippen MR) is 64.5 cm³/mol. The minimum Gasteiger partial charge on any atom is -0.274 e. The zero-order valence-electron chi connectivity index (χ0n) is 9.57. The van der Waals surface area contributed by atoms with Crippen LogP contribution in [-0.4, -0.2) is 20.2 Å². The first kappa shape index (κ1) is 14.2. The van der Waals surface area contributed by atoms with E-state index in [1.807, 2.05) is 0 Å². The fourth-order valence-electron chi connectivity index (χ4n) is 1.58. The van der Waals surface area contributed by atoms with Crippen LogP contribution in [0.1, 0.15) is 12.8 Å². The van der Waals surface area contributed by atoms with E-state index in [1.54, 1.807) is 4.72 Å². The van der Waals surface area contributed by atoms with E-state index in [1.165, 1.54) is 24.3 Å². The molecule has 104 valence electrons. The summed E-state index contributed by atoms with van der Waals surface area (Å²) in [5, 5.41) is 0.350. The van der Waals surface area contributed by atoms with Crippen molar-refractivity contribution in [2.24, 2.45) is 5.92 Å². The molecule has 1 aliphatic carbocycles. The topological polar surface area (TPSA) is 63.2 Å². The van der Waals surface area contributed by atoms with E-state index >= 15 is 0 Å². The van der Waals surface area contributed by atoms with Crippen LogP contribution >= 0.6 is 11.6 Å². The van der Waals surface area contributed by atoms with Crippen molar-refractivity contribution in [1.29, 1.82) is 0 Å². The Labute approximate surface area is 113 Å². The monoisotopic (exact) mass is 309 g/mol. The summed E-state index contributed by atoms with van der Waals surface area (Å²) in [6.07, 6.45) is -0.874. The summed E-state index contributed by atoms with van der Waals surface area (Å²) < 4.78 is 50.5. The summed E-state index contributed by atoms with van der Waals surface area (Å²) in [7, 11) is -4.03. The SMILES string of the molecule is O=C(CC1CC1(F)F)NS(=O)(=O)c1ccc(Cl)cc1. The quantitative estimate of drug-likeness (QED) is 0.927. The van der Waals surface area contributed by atoms with Crippen LogP contribution in [-0.2, 0) is 14.8 Å². The third-order valence-electron chi connectivity index (χ3n) is 2.76. The largest absolute Gasteiger partial charge is 0.274 e. The minimum atomic E-state index is -4.03. The lowest BCUT2D eigenvalue weighted by molar-refractivity contribution is -0.120. The van der Waals surface area contributed by atoms with E-state index in [0.717, 1.165) is 0 Å². The molecule has 0 aliphatic heterocycles. The molecule has 0 radical (unpaired) electrons. The van der Waals surface area contributed by atoms with Crippen molar-refractivity contribution >= 4 is 27.5 Å². The van der Waals surface area contributed by atoms with Crippen molar-refractivity contribution in [1.82, 2.24) is 4.72 Å². The summed E-state index contributed by atoms with van der Waals surface area (Å²) >= 11 is 5.61. The maximum atomic E-state index is 12.6. The summed E-state index contributed by atoms with van der Waals surface area (Å²) in [6, 6.07) is 5.17. The van der Waals surface area contributed by atoms with Crippen LogP contribution in [0.3, 0.4) is 0 Å². The van der Waals surface area contributed by atoms with Crippen LogP contribution in [0, 0.1) is 5.92 Å². The van der Waals surface area contributed by atoms with Crippen LogP contribution in [0.5, 0.6) is 0 Å². The Bertz CT molecular complexity index is 601. The molecule has 4 nitrogen and oxygen atoms in total. The van der Waals surface area contributed by atoms with Gasteiger partial charge in [-0.1, -0.05) is 11.6 Å². The van der Waals surface area contributed by atoms with Crippen molar-refractivity contribution in [2.75, 3.05) is 0 Å². The van der Waals surface area contributed by atoms with Crippen molar-refractivity contribution in [3.05, 3.63) is 29.3 Å². The third-order valence-corrected chi connectivity index (χ3v) is 4.40. The number of rotatable bonds is 4. The molecular weight excluding hydrogens is 300 g/mol. The normalized spacial score (nSPS) is 20.9. The molecule has 0 spiro atoms. The highest BCUT2D eigenvalue weighted by Crippen LogP contribution is 2.50. The molecule has 1 saturated carbocycles. The van der Waals surface area contributed by atoms with E-state index in [0.29, 0.717) is 5.02 Å². The Kier molecular flexibility index (Phi) is 3.53. The molecule has 1 atom stereocenters. The lowest BCUT2D eigenvalue weighted by Crippen LogP contribution is -2.31. The molecule has 2 rings (SSSR count). The van der Waals surface area contributed by atoms with Gasteiger partial charge in [-0.05, 0) is 24.3 Å². The number of alkyl halides is 2. The first-order valence-electron chi connectivity index (χ1n) is 5.40. The summed E-state index contributed by atoms with van der Waals surface area (Å²) in [4.78, 5) is 11.2. The first-order valence-corrected chi connectivity index (χ1v) is 7.26. The van der Waals surface area contributed by atoms with E-state index in [4.69, 9.17) is 11.6 Å². The second-order valence-corrected chi connectivity index (χ2v) is 6.47. The predicted octanol–water partition coefficient (Wildman–Crippen LogP) is 2.19. The van der Waals surface area contributed by atoms with Crippen LogP contribution in [0.25, 0.3) is 0 Å². The molecule has 19 heavy (non-hydrogen) atoms. The Morgan fingerprint density at radius 2 is 1.89 bits per heavy atom. The number of sulfonamides is 1. The number of amides is 1. The van der Waals surface area contributed by atoms with Crippen molar-refractivity contribution in [3.8, 4) is 0 Å². The average molecular weight is 310 g/mol. The fourth-order valence-corrected chi connectivity index (χ4v) is 2.70. The second-order valence-electron chi connectivity index (χ2n) is 4.35. The molecule has 0 bridgehead atoms. The molecule has 0 saturated heterocycles. The minimum absolute atomic E-state index is 0.146. The summed E-state index contributed by atoms with van der Waals surface area (Å²) in [5.41, 5.74) is 0. The van der Waals surface area contributed by atoms with Gasteiger partial charge in [0.1, 0.15) is 0 Å². The number of carbonyl (C=O) groups is 1. The lowest BCUT2D eigenvalue weighted by atomic mass is 10.3. The lowest BCUT2D eigenvalue weighted by Gasteiger charge is -2.06. The van der Waals surface area contributed by atoms with Crippen LogP contribution in [0.15, 0.2) is 29.2 Å². The van der Waals surface area contributed by atoms with Gasteiger partial charge in [0.2, 0.25) is 5.91 Å². The Hall–Kier alpha value is -1.21. The summed E-state index contributed by atoms with van der Waals surface area (Å²) in [6.45, 7) is 0. The van der Waals surface area contributed by atoms with Gasteiger partial charge in [0.15, 0.2) is 0 Å². The number of benzene rings is 1. The first-order chi connectivity index (χ1) is 8.71. The average Bonchev–Trinajstić information content (AvgIpc) is 2.85. The molecule has 1 aliphatic rings. The zero-order valence-corrected chi connectivity index (χ0v) is 11.1. The molecule has 1 unspecified atom stereocenters. The number of nitrogens with one attached hydrogen (secondary N) is 1. The van der Waals surface area contributed by atoms with E-state index in [2.05, 4.69) is 0 Å². The number of hydrogen-bond acceptors (Lipinski definition) is 3. The Balaban J connectivity index is 2.01. The van der Waals surface area contributed by atoms with Gasteiger partial charge in [0, 0.05) is 23.8 Å². The van der Waals surface area contributed by atoms with Gasteiger partial charge in [-0.2, -0.15) is 0 Å². The van der Waals surface area contributed by atoms with Crippen LogP contribution < -0.4 is 4.72 Å². The van der Waals surface area contributed by atoms with Gasteiger partial charge in [-0.25, -0.2) is 21.9 Å². The Morgan fingerprint density at radius 1 is 1.37 bits per heavy atom. The zero-order chi connectivity index (χ0) is 14.3. The molecule has 1 fully saturated rings. The molecule has 0 heterocycles. The van der Waals surface area contributed by atoms with Gasteiger partial charge in [0.05, 0.1) is 4.90 Å². The van der Waals surface area contributed by atoms with Gasteiger partial charge >= 0.3 is 0 Å². The van der Waals surface area contributed by atoms with Gasteiger partial charge in [-0.3, -0.25) is 4.79 Å². The molecule has 1 N–H and O–H groups in total. The number of halogens is 3.